The van der Waals surface area contributed by atoms with Crippen LogP contribution in [0.15, 0.2) is 24.5 Å². The Morgan fingerprint density at radius 1 is 1.19 bits per heavy atom. The lowest BCUT2D eigenvalue weighted by molar-refractivity contribution is 0.202. The molecule has 2 saturated heterocycles. The summed E-state index contributed by atoms with van der Waals surface area (Å²) in [4.78, 5) is 21.3. The number of anilines is 1. The zero-order chi connectivity index (χ0) is 18.8. The summed E-state index contributed by atoms with van der Waals surface area (Å²) >= 11 is 0. The van der Waals surface area contributed by atoms with E-state index in [9.17, 15) is 4.79 Å². The molecule has 0 aromatic carbocycles. The van der Waals surface area contributed by atoms with Gasteiger partial charge in [-0.3, -0.25) is 0 Å². The van der Waals surface area contributed by atoms with E-state index in [4.69, 9.17) is 0 Å². The van der Waals surface area contributed by atoms with Gasteiger partial charge in [0.05, 0.1) is 5.69 Å². The monoisotopic (exact) mass is 369 g/mol. The number of urea groups is 1. The Balaban J connectivity index is 1.33. The number of aromatic nitrogens is 4. The molecule has 1 N–H and O–H groups in total. The number of likely N-dealkylation sites (tertiary alicyclic amines) is 1. The van der Waals surface area contributed by atoms with Crippen molar-refractivity contribution in [3.05, 3.63) is 36.0 Å². The second-order valence-electron chi connectivity index (χ2n) is 7.60. The van der Waals surface area contributed by atoms with E-state index in [1.807, 2.05) is 48.0 Å². The third-order valence-electron chi connectivity index (χ3n) is 5.56. The van der Waals surface area contributed by atoms with Gasteiger partial charge in [0, 0.05) is 57.6 Å². The second kappa shape index (κ2) is 7.54. The van der Waals surface area contributed by atoms with Crippen molar-refractivity contribution in [2.45, 2.75) is 38.1 Å². The normalized spacial score (nSPS) is 22.9. The van der Waals surface area contributed by atoms with Crippen molar-refractivity contribution in [1.29, 1.82) is 0 Å². The van der Waals surface area contributed by atoms with E-state index >= 15 is 0 Å². The summed E-state index contributed by atoms with van der Waals surface area (Å²) in [7, 11) is 2.01. The third-order valence-corrected chi connectivity index (χ3v) is 5.56. The van der Waals surface area contributed by atoms with Crippen molar-refractivity contribution in [3.8, 4) is 0 Å². The highest BCUT2D eigenvalue weighted by Gasteiger charge is 2.31. The van der Waals surface area contributed by atoms with E-state index in [1.54, 1.807) is 0 Å². The number of nitrogens with zero attached hydrogens (tertiary/aromatic N) is 6. The molecule has 0 saturated carbocycles. The van der Waals surface area contributed by atoms with Gasteiger partial charge in [-0.25, -0.2) is 9.78 Å². The number of piperidine rings is 1. The lowest BCUT2D eigenvalue weighted by Gasteiger charge is -2.34. The molecule has 2 aliphatic rings. The maximum Gasteiger partial charge on any atom is 0.317 e. The molecule has 0 bridgehead atoms. The molecule has 2 aliphatic heterocycles. The molecule has 8 nitrogen and oxygen atoms in total. The van der Waals surface area contributed by atoms with Crippen LogP contribution in [0.1, 0.15) is 36.7 Å². The Labute approximate surface area is 159 Å². The highest BCUT2D eigenvalue weighted by atomic mass is 16.2. The molecule has 0 radical (unpaired) electrons. The summed E-state index contributed by atoms with van der Waals surface area (Å²) in [6.45, 7) is 5.18. The van der Waals surface area contributed by atoms with Gasteiger partial charge in [-0.05, 0) is 38.3 Å². The average Bonchev–Trinajstić information content (AvgIpc) is 3.31. The number of carbonyl (C=O) groups is 1. The van der Waals surface area contributed by atoms with Crippen LogP contribution in [-0.4, -0.2) is 62.9 Å². The zero-order valence-corrected chi connectivity index (χ0v) is 16.0. The van der Waals surface area contributed by atoms with Crippen molar-refractivity contribution >= 4 is 11.8 Å². The predicted molar refractivity (Wildman–Crippen MR) is 103 cm³/mol. The topological polar surface area (TPSA) is 79.2 Å². The lowest BCUT2D eigenvalue weighted by atomic mass is 10.1. The minimum atomic E-state index is 0.0357. The first-order valence-electron chi connectivity index (χ1n) is 9.68. The van der Waals surface area contributed by atoms with Gasteiger partial charge in [-0.1, -0.05) is 0 Å². The van der Waals surface area contributed by atoms with Crippen LogP contribution in [0, 0.1) is 6.92 Å². The molecule has 4 rings (SSSR count). The smallest absolute Gasteiger partial charge is 0.317 e. The number of amides is 2. The summed E-state index contributed by atoms with van der Waals surface area (Å²) in [6, 6.07) is 4.16. The van der Waals surface area contributed by atoms with Gasteiger partial charge in [0.25, 0.3) is 0 Å². The summed E-state index contributed by atoms with van der Waals surface area (Å²) in [5.74, 6) is 2.27. The lowest BCUT2D eigenvalue weighted by Crippen LogP contribution is -2.51. The standard InChI is InChI=1S/C19H27N7O/c1-14-5-6-17(23-22-14)25-9-3-4-16(13-25)21-19(27)26-10-7-15(12-26)18-20-8-11-24(18)2/h5-6,8,11,15-16H,3-4,7,9-10,12-13H2,1-2H3,(H,21,27). The summed E-state index contributed by atoms with van der Waals surface area (Å²) in [5, 5.41) is 11.7. The van der Waals surface area contributed by atoms with Crippen LogP contribution in [0.25, 0.3) is 0 Å². The van der Waals surface area contributed by atoms with E-state index in [-0.39, 0.29) is 12.1 Å². The number of carbonyl (C=O) groups excluding carboxylic acids is 1. The van der Waals surface area contributed by atoms with Gasteiger partial charge in [0.15, 0.2) is 5.82 Å². The second-order valence-corrected chi connectivity index (χ2v) is 7.60. The molecule has 27 heavy (non-hydrogen) atoms. The average molecular weight is 369 g/mol. The molecular weight excluding hydrogens is 342 g/mol. The minimum absolute atomic E-state index is 0.0357. The van der Waals surface area contributed by atoms with E-state index in [1.165, 1.54) is 0 Å². The summed E-state index contributed by atoms with van der Waals surface area (Å²) in [5.41, 5.74) is 0.914. The zero-order valence-electron chi connectivity index (χ0n) is 16.0. The van der Waals surface area contributed by atoms with E-state index in [0.29, 0.717) is 5.92 Å². The Morgan fingerprint density at radius 2 is 2.07 bits per heavy atom. The molecule has 2 unspecified atom stereocenters. The molecule has 2 amide bonds. The molecule has 8 heteroatoms. The van der Waals surface area contributed by atoms with Gasteiger partial charge in [-0.15, -0.1) is 5.10 Å². The van der Waals surface area contributed by atoms with Gasteiger partial charge in [-0.2, -0.15) is 5.10 Å². The van der Waals surface area contributed by atoms with Crippen molar-refractivity contribution in [2.75, 3.05) is 31.1 Å². The molecule has 2 fully saturated rings. The van der Waals surface area contributed by atoms with Crippen molar-refractivity contribution in [2.24, 2.45) is 7.05 Å². The van der Waals surface area contributed by atoms with Crippen LogP contribution in [0.2, 0.25) is 0 Å². The number of imidazole rings is 1. The number of hydrogen-bond acceptors (Lipinski definition) is 5. The van der Waals surface area contributed by atoms with E-state index in [2.05, 4.69) is 25.4 Å². The Morgan fingerprint density at radius 3 is 2.81 bits per heavy atom. The van der Waals surface area contributed by atoms with Crippen molar-refractivity contribution in [3.63, 3.8) is 0 Å². The minimum Gasteiger partial charge on any atom is -0.353 e. The van der Waals surface area contributed by atoms with E-state index in [0.717, 1.165) is 62.8 Å². The van der Waals surface area contributed by atoms with Gasteiger partial charge < -0.3 is 19.7 Å². The van der Waals surface area contributed by atoms with Crippen molar-refractivity contribution < 1.29 is 4.79 Å². The molecule has 2 aromatic heterocycles. The van der Waals surface area contributed by atoms with Gasteiger partial charge in [0.1, 0.15) is 5.82 Å². The van der Waals surface area contributed by atoms with Crippen molar-refractivity contribution in [1.82, 2.24) is 30.0 Å². The van der Waals surface area contributed by atoms with Gasteiger partial charge in [0.2, 0.25) is 0 Å². The number of nitrogens with one attached hydrogen (secondary N) is 1. The summed E-state index contributed by atoms with van der Waals surface area (Å²) < 4.78 is 2.05. The van der Waals surface area contributed by atoms with Crippen LogP contribution in [0.4, 0.5) is 10.6 Å². The first-order chi connectivity index (χ1) is 13.1. The molecular formula is C19H27N7O. The van der Waals surface area contributed by atoms with Crippen LogP contribution in [0.3, 0.4) is 0 Å². The SMILES string of the molecule is Cc1ccc(N2CCCC(NC(=O)N3CCC(c4nccn4C)C3)C2)nn1. The van der Waals surface area contributed by atoms with Crippen LogP contribution in [0.5, 0.6) is 0 Å². The third kappa shape index (κ3) is 3.89. The molecule has 2 atom stereocenters. The fourth-order valence-electron chi connectivity index (χ4n) is 4.06. The summed E-state index contributed by atoms with van der Waals surface area (Å²) in [6.07, 6.45) is 6.79. The quantitative estimate of drug-likeness (QED) is 0.891. The fourth-order valence-corrected chi connectivity index (χ4v) is 4.06. The first-order valence-corrected chi connectivity index (χ1v) is 9.68. The molecule has 144 valence electrons. The number of hydrogen-bond donors (Lipinski definition) is 1. The first kappa shape index (κ1) is 17.8. The predicted octanol–water partition coefficient (Wildman–Crippen LogP) is 1.69. The Bertz CT molecular complexity index is 788. The maximum absolute atomic E-state index is 12.7. The molecule has 2 aromatic rings. The highest BCUT2D eigenvalue weighted by Crippen LogP contribution is 2.26. The van der Waals surface area contributed by atoms with Gasteiger partial charge >= 0.3 is 6.03 Å². The van der Waals surface area contributed by atoms with Crippen LogP contribution in [-0.2, 0) is 7.05 Å². The largest absolute Gasteiger partial charge is 0.353 e. The number of aryl methyl sites for hydroxylation is 2. The molecule has 0 aliphatic carbocycles. The molecule has 4 heterocycles. The fraction of sp³-hybridized carbons (Fsp3) is 0.579. The maximum atomic E-state index is 12.7. The van der Waals surface area contributed by atoms with E-state index < -0.39 is 0 Å². The Kier molecular flexibility index (Phi) is 4.96. The highest BCUT2D eigenvalue weighted by molar-refractivity contribution is 5.75. The Hall–Kier alpha value is -2.64. The van der Waals surface area contributed by atoms with Crippen LogP contribution < -0.4 is 10.2 Å². The van der Waals surface area contributed by atoms with Crippen LogP contribution >= 0.6 is 0 Å². The molecule has 0 spiro atoms. The number of rotatable bonds is 3.